The minimum absolute atomic E-state index is 0.00908. The summed E-state index contributed by atoms with van der Waals surface area (Å²) in [5.41, 5.74) is -0.191. The van der Waals surface area contributed by atoms with Gasteiger partial charge in [0, 0.05) is 10.7 Å². The fourth-order valence-corrected chi connectivity index (χ4v) is 2.44. The average Bonchev–Trinajstić information content (AvgIpc) is 2.10. The van der Waals surface area contributed by atoms with Crippen LogP contribution >= 0.6 is 10.7 Å². The highest BCUT2D eigenvalue weighted by Crippen LogP contribution is 2.18. The molecule has 5 heteroatoms. The molecule has 0 rings (SSSR count). The number of hydrogen-bond donors (Lipinski definition) is 0. The van der Waals surface area contributed by atoms with Gasteiger partial charge in [-0.1, -0.05) is 20.3 Å². The zero-order valence-electron chi connectivity index (χ0n) is 9.92. The zero-order chi connectivity index (χ0) is 12.1. The molecule has 0 aliphatic rings. The van der Waals surface area contributed by atoms with Crippen molar-refractivity contribution in [3.63, 3.8) is 0 Å². The summed E-state index contributed by atoms with van der Waals surface area (Å²) in [7, 11) is 1.79. The molecule has 0 bridgehead atoms. The minimum atomic E-state index is -3.42. The van der Waals surface area contributed by atoms with E-state index in [1.807, 2.05) is 27.7 Å². The fourth-order valence-electron chi connectivity index (χ4n) is 1.01. The van der Waals surface area contributed by atoms with Gasteiger partial charge in [0.2, 0.25) is 9.05 Å². The van der Waals surface area contributed by atoms with Crippen molar-refractivity contribution >= 4 is 19.7 Å². The average molecular weight is 257 g/mol. The zero-order valence-corrected chi connectivity index (χ0v) is 11.5. The molecule has 0 heterocycles. The fraction of sp³-hybridized carbons (Fsp3) is 1.00. The second-order valence-electron chi connectivity index (χ2n) is 4.40. The summed E-state index contributed by atoms with van der Waals surface area (Å²) in [4.78, 5) is 0. The quantitative estimate of drug-likeness (QED) is 0.658. The second kappa shape index (κ2) is 6.06. The van der Waals surface area contributed by atoms with Crippen molar-refractivity contribution in [2.45, 2.75) is 46.1 Å². The summed E-state index contributed by atoms with van der Waals surface area (Å²) in [6.07, 6.45) is 1.66. The molecule has 0 aliphatic heterocycles. The van der Waals surface area contributed by atoms with Crippen LogP contribution in [0.2, 0.25) is 0 Å². The van der Waals surface area contributed by atoms with Crippen molar-refractivity contribution in [1.82, 2.24) is 0 Å². The molecule has 0 fully saturated rings. The first-order valence-electron chi connectivity index (χ1n) is 5.26. The van der Waals surface area contributed by atoms with Crippen LogP contribution in [0.4, 0.5) is 0 Å². The van der Waals surface area contributed by atoms with Gasteiger partial charge >= 0.3 is 0 Å². The van der Waals surface area contributed by atoms with Crippen molar-refractivity contribution in [2.75, 3.05) is 12.4 Å². The molecular formula is C10H21ClO3S. The molecule has 0 saturated carbocycles. The van der Waals surface area contributed by atoms with E-state index in [9.17, 15) is 8.42 Å². The molecule has 0 aromatic carbocycles. The van der Waals surface area contributed by atoms with Gasteiger partial charge in [-0.25, -0.2) is 8.42 Å². The van der Waals surface area contributed by atoms with Crippen LogP contribution in [0.15, 0.2) is 0 Å². The third kappa shape index (κ3) is 8.05. The van der Waals surface area contributed by atoms with Crippen LogP contribution in [-0.4, -0.2) is 26.4 Å². The smallest absolute Gasteiger partial charge is 0.232 e. The van der Waals surface area contributed by atoms with Gasteiger partial charge in [-0.15, -0.1) is 0 Å². The van der Waals surface area contributed by atoms with Crippen molar-refractivity contribution in [1.29, 1.82) is 0 Å². The molecule has 0 aliphatic carbocycles. The Labute approximate surface area is 97.6 Å². The monoisotopic (exact) mass is 256 g/mol. The normalized spacial score (nSPS) is 15.3. The Morgan fingerprint density at radius 2 is 1.87 bits per heavy atom. The summed E-state index contributed by atoms with van der Waals surface area (Å²) in [5.74, 6) is -0.0245. The summed E-state index contributed by atoms with van der Waals surface area (Å²) in [5, 5.41) is 0. The van der Waals surface area contributed by atoms with Crippen molar-refractivity contribution in [3.8, 4) is 0 Å². The number of ether oxygens (including phenoxy) is 1. The standard InChI is InChI=1S/C10H21ClO3S/c1-5-9(8-15(11,12)13)7-14-10(3,4)6-2/h9H,5-8H2,1-4H3. The molecular weight excluding hydrogens is 236 g/mol. The van der Waals surface area contributed by atoms with Gasteiger partial charge in [-0.2, -0.15) is 0 Å². The van der Waals surface area contributed by atoms with Gasteiger partial charge in [0.1, 0.15) is 0 Å². The van der Waals surface area contributed by atoms with Gasteiger partial charge in [0.05, 0.1) is 18.0 Å². The van der Waals surface area contributed by atoms with Crippen LogP contribution in [-0.2, 0) is 13.8 Å². The van der Waals surface area contributed by atoms with Gasteiger partial charge in [-0.05, 0) is 26.2 Å². The molecule has 3 nitrogen and oxygen atoms in total. The van der Waals surface area contributed by atoms with Gasteiger partial charge in [0.25, 0.3) is 0 Å². The first-order valence-corrected chi connectivity index (χ1v) is 7.74. The minimum Gasteiger partial charge on any atom is -0.375 e. The molecule has 0 saturated heterocycles. The predicted molar refractivity (Wildman–Crippen MR) is 63.7 cm³/mol. The molecule has 0 N–H and O–H groups in total. The lowest BCUT2D eigenvalue weighted by Gasteiger charge is -2.26. The molecule has 1 atom stereocenters. The number of halogens is 1. The highest BCUT2D eigenvalue weighted by Gasteiger charge is 2.20. The van der Waals surface area contributed by atoms with E-state index >= 15 is 0 Å². The van der Waals surface area contributed by atoms with Crippen molar-refractivity contribution in [3.05, 3.63) is 0 Å². The molecule has 0 aromatic heterocycles. The Morgan fingerprint density at radius 3 is 2.20 bits per heavy atom. The van der Waals surface area contributed by atoms with E-state index in [2.05, 4.69) is 0 Å². The van der Waals surface area contributed by atoms with E-state index in [-0.39, 0.29) is 17.3 Å². The van der Waals surface area contributed by atoms with Crippen LogP contribution in [0.1, 0.15) is 40.5 Å². The summed E-state index contributed by atoms with van der Waals surface area (Å²) in [6, 6.07) is 0. The summed E-state index contributed by atoms with van der Waals surface area (Å²) < 4.78 is 27.5. The van der Waals surface area contributed by atoms with E-state index in [1.54, 1.807) is 0 Å². The molecule has 92 valence electrons. The van der Waals surface area contributed by atoms with Crippen molar-refractivity contribution < 1.29 is 13.2 Å². The van der Waals surface area contributed by atoms with Crippen LogP contribution in [0.25, 0.3) is 0 Å². The Balaban J connectivity index is 4.13. The molecule has 0 amide bonds. The van der Waals surface area contributed by atoms with Crippen LogP contribution in [0.3, 0.4) is 0 Å². The maximum Gasteiger partial charge on any atom is 0.232 e. The Hall–Kier alpha value is 0.200. The highest BCUT2D eigenvalue weighted by atomic mass is 35.7. The highest BCUT2D eigenvalue weighted by molar-refractivity contribution is 8.13. The third-order valence-electron chi connectivity index (χ3n) is 2.57. The lowest BCUT2D eigenvalue weighted by molar-refractivity contribution is -0.0350. The Bertz CT molecular complexity index is 272. The number of rotatable bonds is 7. The molecule has 0 radical (unpaired) electrons. The lowest BCUT2D eigenvalue weighted by atomic mass is 10.1. The maximum absolute atomic E-state index is 10.9. The summed E-state index contributed by atoms with van der Waals surface area (Å²) >= 11 is 0. The van der Waals surface area contributed by atoms with E-state index in [0.717, 1.165) is 12.8 Å². The third-order valence-corrected chi connectivity index (χ3v) is 3.82. The maximum atomic E-state index is 10.9. The largest absolute Gasteiger partial charge is 0.375 e. The van der Waals surface area contributed by atoms with Gasteiger partial charge in [-0.3, -0.25) is 0 Å². The number of hydrogen-bond acceptors (Lipinski definition) is 3. The molecule has 0 aromatic rings. The second-order valence-corrected chi connectivity index (χ2v) is 7.23. The van der Waals surface area contributed by atoms with Gasteiger partial charge < -0.3 is 4.74 Å². The molecule has 0 spiro atoms. The molecule has 15 heavy (non-hydrogen) atoms. The van der Waals surface area contributed by atoms with E-state index < -0.39 is 9.05 Å². The summed E-state index contributed by atoms with van der Waals surface area (Å²) in [6.45, 7) is 8.42. The first-order chi connectivity index (χ1) is 6.70. The molecule has 1 unspecified atom stereocenters. The van der Waals surface area contributed by atoms with Crippen LogP contribution in [0.5, 0.6) is 0 Å². The van der Waals surface area contributed by atoms with Crippen molar-refractivity contribution in [2.24, 2.45) is 5.92 Å². The van der Waals surface area contributed by atoms with E-state index in [0.29, 0.717) is 6.61 Å². The first kappa shape index (κ1) is 15.2. The van der Waals surface area contributed by atoms with Crippen LogP contribution in [0, 0.1) is 5.92 Å². The van der Waals surface area contributed by atoms with Crippen LogP contribution < -0.4 is 0 Å². The van der Waals surface area contributed by atoms with E-state index in [4.69, 9.17) is 15.4 Å². The topological polar surface area (TPSA) is 43.4 Å². The Morgan fingerprint density at radius 1 is 1.33 bits per heavy atom. The lowest BCUT2D eigenvalue weighted by Crippen LogP contribution is -2.28. The Kier molecular flexibility index (Phi) is 6.14. The SMILES string of the molecule is CCC(COC(C)(C)CC)CS(=O)(=O)Cl. The predicted octanol–water partition coefficient (Wildman–Crippen LogP) is 2.79. The van der Waals surface area contributed by atoms with E-state index in [1.165, 1.54) is 0 Å². The van der Waals surface area contributed by atoms with Gasteiger partial charge in [0.15, 0.2) is 0 Å².